The zero-order valence-electron chi connectivity index (χ0n) is 12.8. The van der Waals surface area contributed by atoms with Crippen molar-refractivity contribution in [3.63, 3.8) is 0 Å². The first-order valence-electron chi connectivity index (χ1n) is 7.36. The Balaban J connectivity index is 2.12. The fraction of sp³-hybridized carbons (Fsp3) is 0.611. The Morgan fingerprint density at radius 1 is 1.00 bits per heavy atom. The van der Waals surface area contributed by atoms with E-state index in [0.717, 1.165) is 12.8 Å². The lowest BCUT2D eigenvalue weighted by molar-refractivity contribution is -0.116. The van der Waals surface area contributed by atoms with Crippen LogP contribution in [-0.4, -0.2) is 5.78 Å². The zero-order chi connectivity index (χ0) is 14.1. The lowest BCUT2D eigenvalue weighted by Gasteiger charge is -2.34. The maximum atomic E-state index is 11.8. The van der Waals surface area contributed by atoms with Crippen LogP contribution in [0.2, 0.25) is 0 Å². The highest BCUT2D eigenvalue weighted by molar-refractivity contribution is 5.92. The van der Waals surface area contributed by atoms with Crippen LogP contribution in [0.5, 0.6) is 0 Å². The fourth-order valence-electron chi connectivity index (χ4n) is 3.58. The Morgan fingerprint density at radius 2 is 1.63 bits per heavy atom. The zero-order valence-corrected chi connectivity index (χ0v) is 12.8. The second kappa shape index (κ2) is 5.11. The summed E-state index contributed by atoms with van der Waals surface area (Å²) in [5.74, 6) is 0.278. The molecule has 0 aliphatic heterocycles. The third kappa shape index (κ3) is 3.68. The van der Waals surface area contributed by atoms with Crippen molar-refractivity contribution in [3.8, 4) is 0 Å². The van der Waals surface area contributed by atoms with E-state index in [1.807, 2.05) is 6.08 Å². The van der Waals surface area contributed by atoms with E-state index >= 15 is 0 Å². The molecule has 0 bridgehead atoms. The van der Waals surface area contributed by atoms with E-state index in [-0.39, 0.29) is 16.6 Å². The van der Waals surface area contributed by atoms with Crippen molar-refractivity contribution in [3.05, 3.63) is 35.5 Å². The molecule has 0 heterocycles. The minimum atomic E-state index is 0.0218. The molecule has 2 atom stereocenters. The standard InChI is InChI=1S/C18H26O/c1-14-6-5-7-17(3,11-14)8-9-18(4)12-15(2)10-16(19)13-18/h6,8-10H,5,7,11-13H2,1-4H3. The van der Waals surface area contributed by atoms with Gasteiger partial charge in [0.05, 0.1) is 0 Å². The van der Waals surface area contributed by atoms with Crippen molar-refractivity contribution in [2.75, 3.05) is 0 Å². The number of rotatable bonds is 2. The number of carbonyl (C=O) groups excluding carboxylic acids is 1. The summed E-state index contributed by atoms with van der Waals surface area (Å²) in [6, 6.07) is 0. The first-order chi connectivity index (χ1) is 8.80. The van der Waals surface area contributed by atoms with Crippen molar-refractivity contribution in [1.82, 2.24) is 0 Å². The molecule has 0 aromatic rings. The molecule has 0 fully saturated rings. The van der Waals surface area contributed by atoms with E-state index in [1.165, 1.54) is 24.0 Å². The molecule has 0 aromatic heterocycles. The van der Waals surface area contributed by atoms with Crippen LogP contribution in [0.4, 0.5) is 0 Å². The number of ketones is 1. The summed E-state index contributed by atoms with van der Waals surface area (Å²) in [5.41, 5.74) is 3.01. The van der Waals surface area contributed by atoms with Gasteiger partial charge in [-0.25, -0.2) is 0 Å². The van der Waals surface area contributed by atoms with Crippen LogP contribution < -0.4 is 0 Å². The summed E-state index contributed by atoms with van der Waals surface area (Å²) < 4.78 is 0. The maximum absolute atomic E-state index is 11.8. The third-order valence-corrected chi connectivity index (χ3v) is 4.45. The van der Waals surface area contributed by atoms with Gasteiger partial charge in [0.25, 0.3) is 0 Å². The van der Waals surface area contributed by atoms with Gasteiger partial charge in [0.2, 0.25) is 0 Å². The second-order valence-corrected chi connectivity index (χ2v) is 7.22. The van der Waals surface area contributed by atoms with Gasteiger partial charge in [0.15, 0.2) is 5.78 Å². The van der Waals surface area contributed by atoms with Gasteiger partial charge in [-0.05, 0) is 56.4 Å². The average molecular weight is 258 g/mol. The van der Waals surface area contributed by atoms with Crippen molar-refractivity contribution < 1.29 is 4.79 Å². The van der Waals surface area contributed by atoms with Gasteiger partial charge in [-0.1, -0.05) is 43.2 Å². The number of allylic oxidation sites excluding steroid dienone is 6. The van der Waals surface area contributed by atoms with Crippen molar-refractivity contribution in [2.24, 2.45) is 10.8 Å². The predicted molar refractivity (Wildman–Crippen MR) is 81.0 cm³/mol. The Labute approximate surface area is 117 Å². The molecule has 0 amide bonds. The molecule has 2 rings (SSSR count). The fourth-order valence-corrected chi connectivity index (χ4v) is 3.58. The Morgan fingerprint density at radius 3 is 2.26 bits per heavy atom. The van der Waals surface area contributed by atoms with E-state index in [4.69, 9.17) is 0 Å². The summed E-state index contributed by atoms with van der Waals surface area (Å²) in [7, 11) is 0. The number of hydrogen-bond acceptors (Lipinski definition) is 1. The summed E-state index contributed by atoms with van der Waals surface area (Å²) in [6.45, 7) is 8.85. The highest BCUT2D eigenvalue weighted by atomic mass is 16.1. The number of carbonyl (C=O) groups is 1. The lowest BCUT2D eigenvalue weighted by atomic mass is 9.71. The van der Waals surface area contributed by atoms with Crippen molar-refractivity contribution >= 4 is 5.78 Å². The lowest BCUT2D eigenvalue weighted by Crippen LogP contribution is -2.24. The first kappa shape index (κ1) is 14.3. The van der Waals surface area contributed by atoms with Gasteiger partial charge < -0.3 is 0 Å². The number of hydrogen-bond donors (Lipinski definition) is 0. The summed E-state index contributed by atoms with van der Waals surface area (Å²) in [4.78, 5) is 11.8. The molecule has 0 saturated carbocycles. The highest BCUT2D eigenvalue weighted by Crippen LogP contribution is 2.41. The smallest absolute Gasteiger partial charge is 0.156 e. The molecule has 19 heavy (non-hydrogen) atoms. The van der Waals surface area contributed by atoms with Crippen LogP contribution in [0.25, 0.3) is 0 Å². The van der Waals surface area contributed by atoms with E-state index < -0.39 is 0 Å². The van der Waals surface area contributed by atoms with E-state index in [0.29, 0.717) is 6.42 Å². The monoisotopic (exact) mass is 258 g/mol. The molecule has 1 nitrogen and oxygen atoms in total. The van der Waals surface area contributed by atoms with Crippen LogP contribution in [-0.2, 0) is 4.79 Å². The summed E-state index contributed by atoms with van der Waals surface area (Å²) in [5, 5.41) is 0. The van der Waals surface area contributed by atoms with Crippen LogP contribution in [0, 0.1) is 10.8 Å². The van der Waals surface area contributed by atoms with Crippen LogP contribution in [0.15, 0.2) is 35.5 Å². The van der Waals surface area contributed by atoms with Gasteiger partial charge in [-0.15, -0.1) is 0 Å². The predicted octanol–water partition coefficient (Wildman–Crippen LogP) is 4.99. The minimum absolute atomic E-state index is 0.0218. The molecule has 104 valence electrons. The molecule has 2 aliphatic rings. The van der Waals surface area contributed by atoms with Crippen molar-refractivity contribution in [1.29, 1.82) is 0 Å². The van der Waals surface area contributed by atoms with Crippen LogP contribution in [0.1, 0.15) is 59.8 Å². The van der Waals surface area contributed by atoms with Gasteiger partial charge in [0.1, 0.15) is 0 Å². The molecule has 0 N–H and O–H groups in total. The van der Waals surface area contributed by atoms with E-state index in [9.17, 15) is 4.79 Å². The molecule has 1 heteroatoms. The van der Waals surface area contributed by atoms with Gasteiger partial charge in [0, 0.05) is 6.42 Å². The summed E-state index contributed by atoms with van der Waals surface area (Å²) >= 11 is 0. The van der Waals surface area contributed by atoms with Crippen LogP contribution >= 0.6 is 0 Å². The molecule has 0 spiro atoms. The molecular weight excluding hydrogens is 232 g/mol. The quantitative estimate of drug-likeness (QED) is 0.637. The van der Waals surface area contributed by atoms with Crippen molar-refractivity contribution in [2.45, 2.75) is 59.8 Å². The van der Waals surface area contributed by atoms with Gasteiger partial charge >= 0.3 is 0 Å². The molecule has 0 saturated heterocycles. The average Bonchev–Trinajstić information content (AvgIpc) is 2.24. The van der Waals surface area contributed by atoms with Crippen LogP contribution in [0.3, 0.4) is 0 Å². The Hall–Kier alpha value is -1.11. The molecule has 0 radical (unpaired) electrons. The topological polar surface area (TPSA) is 17.1 Å². The molecule has 2 unspecified atom stereocenters. The molecule has 0 aromatic carbocycles. The third-order valence-electron chi connectivity index (χ3n) is 4.45. The van der Waals surface area contributed by atoms with Gasteiger partial charge in [-0.3, -0.25) is 4.79 Å². The first-order valence-corrected chi connectivity index (χ1v) is 7.36. The SMILES string of the molecule is CC1=CCCC(C)(C=CC2(C)CC(=O)C=C(C)C2)C1. The second-order valence-electron chi connectivity index (χ2n) is 7.22. The van der Waals surface area contributed by atoms with E-state index in [1.54, 1.807) is 0 Å². The van der Waals surface area contributed by atoms with Gasteiger partial charge in [-0.2, -0.15) is 0 Å². The van der Waals surface area contributed by atoms with E-state index in [2.05, 4.69) is 45.9 Å². The normalized spacial score (nSPS) is 36.3. The largest absolute Gasteiger partial charge is 0.295 e. The Kier molecular flexibility index (Phi) is 3.85. The Bertz CT molecular complexity index is 466. The highest BCUT2D eigenvalue weighted by Gasteiger charge is 2.30. The molecular formula is C18H26O. The molecule has 2 aliphatic carbocycles. The maximum Gasteiger partial charge on any atom is 0.156 e. The summed E-state index contributed by atoms with van der Waals surface area (Å²) in [6.07, 6.45) is 14.1. The minimum Gasteiger partial charge on any atom is -0.295 e.